The third-order valence-electron chi connectivity index (χ3n) is 4.08. The number of nitrogens with zero attached hydrogens (tertiary/aromatic N) is 1. The summed E-state index contributed by atoms with van der Waals surface area (Å²) in [4.78, 5) is 17.1. The third-order valence-corrected chi connectivity index (χ3v) is 5.08. The fourth-order valence-corrected chi connectivity index (χ4v) is 3.45. The molecule has 27 heavy (non-hydrogen) atoms. The molecule has 3 aromatic carbocycles. The zero-order valence-corrected chi connectivity index (χ0v) is 17.2. The van der Waals surface area contributed by atoms with Gasteiger partial charge in [0.2, 0.25) is 5.89 Å². The first-order valence-electron chi connectivity index (χ1n) is 8.23. The van der Waals surface area contributed by atoms with Gasteiger partial charge in [-0.15, -0.1) is 0 Å². The van der Waals surface area contributed by atoms with Crippen molar-refractivity contribution < 1.29 is 9.21 Å². The Morgan fingerprint density at radius 1 is 1.11 bits per heavy atom. The van der Waals surface area contributed by atoms with Crippen LogP contribution in [0.3, 0.4) is 0 Å². The average molecular weight is 489 g/mol. The minimum absolute atomic E-state index is 0.260. The number of fused-ring (bicyclic) bond motifs is 1. The highest BCUT2D eigenvalue weighted by Gasteiger charge is 2.13. The molecule has 0 spiro atoms. The molecule has 0 saturated carbocycles. The van der Waals surface area contributed by atoms with Gasteiger partial charge in [0.05, 0.1) is 10.6 Å². The summed E-state index contributed by atoms with van der Waals surface area (Å²) >= 11 is 8.30. The van der Waals surface area contributed by atoms with Crippen LogP contribution >= 0.6 is 34.2 Å². The molecule has 0 aliphatic rings. The standard InChI is InChI=1S/C21H14ClIN2O2/c1-12-5-8-18-19(9-12)27-21(25-18)13-3-2-4-15(10-13)24-20(26)16-11-14(23)6-7-17(16)22/h2-11H,1H3,(H,24,26). The fraction of sp³-hybridized carbons (Fsp3) is 0.0476. The summed E-state index contributed by atoms with van der Waals surface area (Å²) in [5.41, 5.74) is 4.52. The summed E-state index contributed by atoms with van der Waals surface area (Å²) in [5.74, 6) is 0.253. The second kappa shape index (κ2) is 7.32. The number of carbonyl (C=O) groups excluding carboxylic acids is 1. The van der Waals surface area contributed by atoms with E-state index in [1.165, 1.54) is 0 Å². The Morgan fingerprint density at radius 3 is 2.81 bits per heavy atom. The molecule has 0 aliphatic carbocycles. The number of nitrogens with one attached hydrogen (secondary N) is 1. The van der Waals surface area contributed by atoms with Gasteiger partial charge in [-0.1, -0.05) is 23.7 Å². The summed E-state index contributed by atoms with van der Waals surface area (Å²) in [7, 11) is 0. The second-order valence-corrected chi connectivity index (χ2v) is 7.80. The van der Waals surface area contributed by atoms with Gasteiger partial charge in [-0.3, -0.25) is 4.79 Å². The minimum Gasteiger partial charge on any atom is -0.436 e. The summed E-state index contributed by atoms with van der Waals surface area (Å²) in [6, 6.07) is 18.6. The maximum absolute atomic E-state index is 12.6. The van der Waals surface area contributed by atoms with Crippen LogP contribution in [0.5, 0.6) is 0 Å². The first kappa shape index (κ1) is 18.0. The number of hydrogen-bond donors (Lipinski definition) is 1. The van der Waals surface area contributed by atoms with E-state index in [1.54, 1.807) is 12.1 Å². The molecule has 1 amide bonds. The quantitative estimate of drug-likeness (QED) is 0.344. The average Bonchev–Trinajstić information content (AvgIpc) is 3.07. The summed E-state index contributed by atoms with van der Waals surface area (Å²) in [6.07, 6.45) is 0. The van der Waals surface area contributed by atoms with Crippen molar-refractivity contribution in [2.75, 3.05) is 5.32 Å². The molecule has 1 aromatic heterocycles. The number of carbonyl (C=O) groups is 1. The normalized spacial score (nSPS) is 10.9. The van der Waals surface area contributed by atoms with Crippen molar-refractivity contribution >= 4 is 56.9 Å². The van der Waals surface area contributed by atoms with Gasteiger partial charge in [0.1, 0.15) is 5.52 Å². The Kier molecular flexibility index (Phi) is 4.88. The zero-order valence-electron chi connectivity index (χ0n) is 14.3. The van der Waals surface area contributed by atoms with E-state index < -0.39 is 0 Å². The lowest BCUT2D eigenvalue weighted by atomic mass is 10.1. The molecule has 4 rings (SSSR count). The number of amides is 1. The van der Waals surface area contributed by atoms with Crippen LogP contribution in [-0.2, 0) is 0 Å². The van der Waals surface area contributed by atoms with Crippen LogP contribution < -0.4 is 5.32 Å². The van der Waals surface area contributed by atoms with Crippen LogP contribution in [0.1, 0.15) is 15.9 Å². The molecule has 6 heteroatoms. The first-order chi connectivity index (χ1) is 13.0. The molecule has 1 N–H and O–H groups in total. The Bertz CT molecular complexity index is 1170. The molecule has 0 aliphatic heterocycles. The van der Waals surface area contributed by atoms with Gasteiger partial charge in [0.25, 0.3) is 5.91 Å². The van der Waals surface area contributed by atoms with E-state index in [-0.39, 0.29) is 5.91 Å². The van der Waals surface area contributed by atoms with E-state index >= 15 is 0 Å². The van der Waals surface area contributed by atoms with Crippen molar-refractivity contribution in [1.82, 2.24) is 4.98 Å². The number of benzene rings is 3. The van der Waals surface area contributed by atoms with E-state index in [1.807, 2.05) is 55.5 Å². The molecule has 0 atom stereocenters. The van der Waals surface area contributed by atoms with E-state index in [9.17, 15) is 4.79 Å². The maximum atomic E-state index is 12.6. The van der Waals surface area contributed by atoms with Crippen molar-refractivity contribution in [2.45, 2.75) is 6.92 Å². The fourth-order valence-electron chi connectivity index (χ4n) is 2.76. The highest BCUT2D eigenvalue weighted by molar-refractivity contribution is 14.1. The predicted molar refractivity (Wildman–Crippen MR) is 116 cm³/mol. The number of aryl methyl sites for hydroxylation is 1. The van der Waals surface area contributed by atoms with Gasteiger partial charge in [-0.05, 0) is 83.6 Å². The monoisotopic (exact) mass is 488 g/mol. The van der Waals surface area contributed by atoms with Gasteiger partial charge in [0.15, 0.2) is 5.58 Å². The number of anilines is 1. The lowest BCUT2D eigenvalue weighted by molar-refractivity contribution is 0.102. The number of hydrogen-bond acceptors (Lipinski definition) is 3. The molecular formula is C21H14ClIN2O2. The molecule has 0 radical (unpaired) electrons. The Labute approximate surface area is 174 Å². The largest absolute Gasteiger partial charge is 0.436 e. The predicted octanol–water partition coefficient (Wildman–Crippen LogP) is 6.31. The van der Waals surface area contributed by atoms with Crippen molar-refractivity contribution in [1.29, 1.82) is 0 Å². The van der Waals surface area contributed by atoms with E-state index in [4.69, 9.17) is 16.0 Å². The number of oxazole rings is 1. The molecule has 0 unspecified atom stereocenters. The Balaban J connectivity index is 1.63. The Hall–Kier alpha value is -2.38. The first-order valence-corrected chi connectivity index (χ1v) is 9.69. The van der Waals surface area contributed by atoms with Crippen molar-refractivity contribution in [2.24, 2.45) is 0 Å². The lowest BCUT2D eigenvalue weighted by Gasteiger charge is -2.08. The van der Waals surface area contributed by atoms with Crippen LogP contribution in [0.15, 0.2) is 65.1 Å². The van der Waals surface area contributed by atoms with Gasteiger partial charge in [-0.25, -0.2) is 4.98 Å². The van der Waals surface area contributed by atoms with Crippen LogP contribution in [0, 0.1) is 10.5 Å². The van der Waals surface area contributed by atoms with E-state index in [0.29, 0.717) is 22.2 Å². The molecular weight excluding hydrogens is 475 g/mol. The van der Waals surface area contributed by atoms with Crippen LogP contribution in [0.25, 0.3) is 22.6 Å². The van der Waals surface area contributed by atoms with Crippen molar-refractivity contribution in [3.05, 3.63) is 80.4 Å². The molecule has 0 bridgehead atoms. The molecule has 1 heterocycles. The van der Waals surface area contributed by atoms with Gasteiger partial charge >= 0.3 is 0 Å². The molecule has 4 aromatic rings. The molecule has 0 fully saturated rings. The zero-order chi connectivity index (χ0) is 19.0. The van der Waals surface area contributed by atoms with Gasteiger partial charge < -0.3 is 9.73 Å². The highest BCUT2D eigenvalue weighted by atomic mass is 127. The van der Waals surface area contributed by atoms with Gasteiger partial charge in [0, 0.05) is 14.8 Å². The summed E-state index contributed by atoms with van der Waals surface area (Å²) < 4.78 is 6.81. The highest BCUT2D eigenvalue weighted by Crippen LogP contribution is 2.27. The van der Waals surface area contributed by atoms with Crippen LogP contribution in [0.4, 0.5) is 5.69 Å². The molecule has 134 valence electrons. The minimum atomic E-state index is -0.260. The molecule has 0 saturated heterocycles. The smallest absolute Gasteiger partial charge is 0.257 e. The third kappa shape index (κ3) is 3.84. The van der Waals surface area contributed by atoms with Crippen molar-refractivity contribution in [3.63, 3.8) is 0 Å². The molecule has 4 nitrogen and oxygen atoms in total. The number of halogens is 2. The summed E-state index contributed by atoms with van der Waals surface area (Å²) in [6.45, 7) is 2.01. The number of aromatic nitrogens is 1. The van der Waals surface area contributed by atoms with E-state index in [2.05, 4.69) is 32.9 Å². The maximum Gasteiger partial charge on any atom is 0.257 e. The van der Waals surface area contributed by atoms with Crippen molar-refractivity contribution in [3.8, 4) is 11.5 Å². The SMILES string of the molecule is Cc1ccc2nc(-c3cccc(NC(=O)c4cc(I)ccc4Cl)c3)oc2c1. The Morgan fingerprint density at radius 2 is 1.96 bits per heavy atom. The van der Waals surface area contributed by atoms with Crippen LogP contribution in [-0.4, -0.2) is 10.9 Å². The topological polar surface area (TPSA) is 55.1 Å². The second-order valence-electron chi connectivity index (χ2n) is 6.15. The number of rotatable bonds is 3. The van der Waals surface area contributed by atoms with E-state index in [0.717, 1.165) is 25.8 Å². The van der Waals surface area contributed by atoms with Gasteiger partial charge in [-0.2, -0.15) is 0 Å². The summed E-state index contributed by atoms with van der Waals surface area (Å²) in [5, 5.41) is 3.30. The lowest BCUT2D eigenvalue weighted by Crippen LogP contribution is -2.12. The van der Waals surface area contributed by atoms with Crippen LogP contribution in [0.2, 0.25) is 5.02 Å².